The lowest BCUT2D eigenvalue weighted by atomic mass is 9.89. The van der Waals surface area contributed by atoms with E-state index in [4.69, 9.17) is 11.1 Å². The van der Waals surface area contributed by atoms with Gasteiger partial charge in [-0.1, -0.05) is 43.2 Å². The topological polar surface area (TPSA) is 49.9 Å². The summed E-state index contributed by atoms with van der Waals surface area (Å²) in [7, 11) is 0. The number of hydrogen-bond donors (Lipinski definition) is 2. The molecule has 0 fully saturated rings. The molecule has 0 saturated carbocycles. The molecule has 0 aromatic heterocycles. The van der Waals surface area contributed by atoms with E-state index in [1.54, 1.807) is 0 Å². The lowest BCUT2D eigenvalue weighted by molar-refractivity contribution is 0.500. The quantitative estimate of drug-likeness (QED) is 0.465. The van der Waals surface area contributed by atoms with Crippen LogP contribution in [0.5, 0.6) is 0 Å². The molecule has 0 amide bonds. The van der Waals surface area contributed by atoms with Crippen molar-refractivity contribution in [2.24, 2.45) is 11.1 Å². The van der Waals surface area contributed by atoms with E-state index in [2.05, 4.69) is 32.0 Å². The van der Waals surface area contributed by atoms with Gasteiger partial charge in [-0.05, 0) is 31.6 Å². The minimum Gasteiger partial charge on any atom is -0.387 e. The molecule has 1 rings (SSSR count). The third-order valence-electron chi connectivity index (χ3n) is 3.15. The van der Waals surface area contributed by atoms with Crippen LogP contribution in [-0.2, 0) is 5.75 Å². The number of thioether (sulfide) groups is 1. The van der Waals surface area contributed by atoms with Gasteiger partial charge >= 0.3 is 0 Å². The Balaban J connectivity index is 2.40. The molecule has 1 aromatic rings. The predicted octanol–water partition coefficient (Wildman–Crippen LogP) is 3.89. The normalized spacial score (nSPS) is 11.6. The molecule has 0 aliphatic rings. The van der Waals surface area contributed by atoms with Gasteiger partial charge < -0.3 is 5.73 Å². The summed E-state index contributed by atoms with van der Waals surface area (Å²) in [5.74, 6) is 2.37. The molecule has 18 heavy (non-hydrogen) atoms. The summed E-state index contributed by atoms with van der Waals surface area (Å²) in [5.41, 5.74) is 9.45. The number of nitrogens with two attached hydrogens (primary N) is 1. The highest BCUT2D eigenvalue weighted by molar-refractivity contribution is 7.98. The largest absolute Gasteiger partial charge is 0.387 e. The first-order valence-corrected chi connectivity index (χ1v) is 7.46. The number of benzene rings is 1. The SMILES string of the molecule is Cc1cc(C)cc(CSCCC(C)(C)C(=N)N)c1. The molecule has 0 heterocycles. The molecular formula is C15H24N2S. The zero-order chi connectivity index (χ0) is 13.8. The van der Waals surface area contributed by atoms with E-state index in [0.29, 0.717) is 0 Å². The molecular weight excluding hydrogens is 240 g/mol. The Kier molecular flexibility index (Phi) is 5.27. The summed E-state index contributed by atoms with van der Waals surface area (Å²) in [4.78, 5) is 0. The first kappa shape index (κ1) is 15.1. The fraction of sp³-hybridized carbons (Fsp3) is 0.533. The van der Waals surface area contributed by atoms with Crippen LogP contribution in [0.1, 0.15) is 37.0 Å². The maximum Gasteiger partial charge on any atom is 0.0963 e. The molecule has 0 bridgehead atoms. The predicted molar refractivity (Wildman–Crippen MR) is 82.4 cm³/mol. The standard InChI is InChI=1S/C15H24N2S/c1-11-7-12(2)9-13(8-11)10-18-6-5-15(3,4)14(16)17/h7-9H,5-6,10H2,1-4H3,(H3,16,17). The number of aryl methyl sites for hydroxylation is 2. The van der Waals surface area contributed by atoms with Gasteiger partial charge in [-0.2, -0.15) is 11.8 Å². The van der Waals surface area contributed by atoms with Gasteiger partial charge in [-0.25, -0.2) is 0 Å². The van der Waals surface area contributed by atoms with E-state index < -0.39 is 0 Å². The Morgan fingerprint density at radius 1 is 1.22 bits per heavy atom. The number of rotatable bonds is 6. The van der Waals surface area contributed by atoms with Crippen molar-refractivity contribution in [1.82, 2.24) is 0 Å². The van der Waals surface area contributed by atoms with Crippen LogP contribution in [0.15, 0.2) is 18.2 Å². The van der Waals surface area contributed by atoms with E-state index >= 15 is 0 Å². The van der Waals surface area contributed by atoms with Crippen molar-refractivity contribution < 1.29 is 0 Å². The Morgan fingerprint density at radius 3 is 2.28 bits per heavy atom. The van der Waals surface area contributed by atoms with Crippen LogP contribution in [0.25, 0.3) is 0 Å². The number of amidine groups is 1. The Bertz CT molecular complexity index is 404. The summed E-state index contributed by atoms with van der Waals surface area (Å²) in [6.45, 7) is 8.35. The van der Waals surface area contributed by atoms with Gasteiger partial charge in [0.1, 0.15) is 0 Å². The molecule has 0 aliphatic heterocycles. The highest BCUT2D eigenvalue weighted by Crippen LogP contribution is 2.24. The van der Waals surface area contributed by atoms with Crippen molar-refractivity contribution >= 4 is 17.6 Å². The van der Waals surface area contributed by atoms with Crippen LogP contribution in [0.4, 0.5) is 0 Å². The van der Waals surface area contributed by atoms with Crippen molar-refractivity contribution in [3.8, 4) is 0 Å². The molecule has 0 unspecified atom stereocenters. The maximum absolute atomic E-state index is 7.52. The van der Waals surface area contributed by atoms with E-state index in [-0.39, 0.29) is 11.3 Å². The summed E-state index contributed by atoms with van der Waals surface area (Å²) < 4.78 is 0. The van der Waals surface area contributed by atoms with Crippen LogP contribution in [-0.4, -0.2) is 11.6 Å². The Hall–Kier alpha value is -0.960. The highest BCUT2D eigenvalue weighted by Gasteiger charge is 2.20. The van der Waals surface area contributed by atoms with Crippen molar-refractivity contribution in [2.75, 3.05) is 5.75 Å². The second kappa shape index (κ2) is 6.28. The molecule has 0 aliphatic carbocycles. The average molecular weight is 264 g/mol. The lowest BCUT2D eigenvalue weighted by Crippen LogP contribution is -2.31. The molecule has 100 valence electrons. The Morgan fingerprint density at radius 2 is 1.78 bits per heavy atom. The van der Waals surface area contributed by atoms with Gasteiger partial charge in [0.2, 0.25) is 0 Å². The van der Waals surface area contributed by atoms with Crippen molar-refractivity contribution in [3.63, 3.8) is 0 Å². The van der Waals surface area contributed by atoms with Crippen molar-refractivity contribution in [2.45, 2.75) is 39.9 Å². The van der Waals surface area contributed by atoms with Crippen LogP contribution in [0, 0.1) is 24.7 Å². The zero-order valence-corrected chi connectivity index (χ0v) is 12.7. The minimum atomic E-state index is -0.171. The molecule has 1 aromatic carbocycles. The fourth-order valence-electron chi connectivity index (χ4n) is 1.80. The summed E-state index contributed by atoms with van der Waals surface area (Å²) >= 11 is 1.92. The maximum atomic E-state index is 7.52. The van der Waals surface area contributed by atoms with Crippen LogP contribution >= 0.6 is 11.8 Å². The molecule has 3 heteroatoms. The average Bonchev–Trinajstić information content (AvgIpc) is 2.23. The van der Waals surface area contributed by atoms with Gasteiger partial charge in [0.25, 0.3) is 0 Å². The van der Waals surface area contributed by atoms with Gasteiger partial charge in [-0.15, -0.1) is 0 Å². The first-order valence-electron chi connectivity index (χ1n) is 6.31. The molecule has 2 nitrogen and oxygen atoms in total. The highest BCUT2D eigenvalue weighted by atomic mass is 32.2. The third kappa shape index (κ3) is 4.73. The van der Waals surface area contributed by atoms with Crippen LogP contribution in [0.3, 0.4) is 0 Å². The third-order valence-corrected chi connectivity index (χ3v) is 4.18. The Labute approximate surface area is 115 Å². The monoisotopic (exact) mass is 264 g/mol. The summed E-state index contributed by atoms with van der Waals surface area (Å²) in [6, 6.07) is 6.69. The number of nitrogens with one attached hydrogen (secondary N) is 1. The molecule has 0 saturated heterocycles. The summed E-state index contributed by atoms with van der Waals surface area (Å²) in [6.07, 6.45) is 0.956. The fourth-order valence-corrected chi connectivity index (χ4v) is 3.01. The molecule has 0 atom stereocenters. The van der Waals surface area contributed by atoms with Crippen molar-refractivity contribution in [1.29, 1.82) is 5.41 Å². The molecule has 0 radical (unpaired) electrons. The number of hydrogen-bond acceptors (Lipinski definition) is 2. The van der Waals surface area contributed by atoms with Gasteiger partial charge in [-0.3, -0.25) is 5.41 Å². The minimum absolute atomic E-state index is 0.171. The first-order chi connectivity index (χ1) is 8.31. The van der Waals surface area contributed by atoms with Crippen molar-refractivity contribution in [3.05, 3.63) is 34.9 Å². The van der Waals surface area contributed by atoms with E-state index in [1.165, 1.54) is 16.7 Å². The zero-order valence-electron chi connectivity index (χ0n) is 11.8. The molecule has 3 N–H and O–H groups in total. The second-order valence-corrected chi connectivity index (χ2v) is 6.70. The smallest absolute Gasteiger partial charge is 0.0963 e. The van der Waals surface area contributed by atoms with Crippen LogP contribution in [0.2, 0.25) is 0 Å². The second-order valence-electron chi connectivity index (χ2n) is 5.60. The van der Waals surface area contributed by atoms with E-state index in [0.717, 1.165) is 17.9 Å². The van der Waals surface area contributed by atoms with E-state index in [1.807, 2.05) is 25.6 Å². The van der Waals surface area contributed by atoms with Gasteiger partial charge in [0, 0.05) is 11.2 Å². The van der Waals surface area contributed by atoms with E-state index in [9.17, 15) is 0 Å². The lowest BCUT2D eigenvalue weighted by Gasteiger charge is -2.22. The van der Waals surface area contributed by atoms with Crippen LogP contribution < -0.4 is 5.73 Å². The molecule has 0 spiro atoms. The summed E-state index contributed by atoms with van der Waals surface area (Å²) in [5, 5.41) is 7.52. The van der Waals surface area contributed by atoms with Gasteiger partial charge in [0.15, 0.2) is 0 Å². The van der Waals surface area contributed by atoms with Gasteiger partial charge in [0.05, 0.1) is 5.84 Å².